The van der Waals surface area contributed by atoms with Crippen LogP contribution in [-0.2, 0) is 19.2 Å². The van der Waals surface area contributed by atoms with Crippen LogP contribution >= 0.6 is 0 Å². The Morgan fingerprint density at radius 3 is 1.29 bits per heavy atom. The number of rotatable bonds is 4. The number of aromatic nitrogens is 2. The second kappa shape index (κ2) is 7.88. The summed E-state index contributed by atoms with van der Waals surface area (Å²) in [5, 5.41) is 1.58. The van der Waals surface area contributed by atoms with Gasteiger partial charge in [-0.2, -0.15) is 10.0 Å². The van der Waals surface area contributed by atoms with Crippen LogP contribution in [0.1, 0.15) is 20.7 Å². The number of allylic oxidation sites excluding steroid dienone is 2. The average Bonchev–Trinajstić information content (AvgIpc) is 3.29. The zero-order chi connectivity index (χ0) is 26.3. The van der Waals surface area contributed by atoms with Gasteiger partial charge in [-0.05, 0) is 47.9 Å². The Morgan fingerprint density at radius 1 is 0.579 bits per heavy atom. The number of hydrazine groups is 2. The predicted octanol–water partition coefficient (Wildman–Crippen LogP) is -0.269. The predicted molar refractivity (Wildman–Crippen MR) is 124 cm³/mol. The standard InChI is InChI=1S/C26H20N6O6/c33-21(11-3-7-27-8-4-11)29-31-23(35)17-13-1-2-14(18(17)24(31)36)16-15(13)19-20(16)26(38)32(25(19)37)30-22(34)12-5-9-28-10-6-12/h1-10,13-20H,(H,29,33)(H,30,34)/t13-,14+,15-,16-,17+,18-,19-,20-/m1/s1. The Bertz CT molecular complexity index is 1410. The van der Waals surface area contributed by atoms with Crippen LogP contribution in [0.15, 0.2) is 61.2 Å². The molecule has 2 aromatic rings. The molecule has 0 unspecified atom stereocenters. The van der Waals surface area contributed by atoms with Crippen LogP contribution in [0.3, 0.4) is 0 Å². The summed E-state index contributed by atoms with van der Waals surface area (Å²) < 4.78 is 0. The van der Waals surface area contributed by atoms with E-state index in [1.54, 1.807) is 0 Å². The summed E-state index contributed by atoms with van der Waals surface area (Å²) in [4.78, 5) is 86.4. The van der Waals surface area contributed by atoms with E-state index in [0.29, 0.717) is 0 Å². The Hall–Kier alpha value is -4.74. The number of nitrogens with one attached hydrogen (secondary N) is 2. The van der Waals surface area contributed by atoms with Crippen LogP contribution in [0.5, 0.6) is 0 Å². The molecule has 2 saturated heterocycles. The lowest BCUT2D eigenvalue weighted by Crippen LogP contribution is -2.63. The number of carbonyl (C=O) groups is 6. The molecule has 8 rings (SSSR count). The molecule has 2 aromatic heterocycles. The molecule has 38 heavy (non-hydrogen) atoms. The number of carbonyl (C=O) groups excluding carboxylic acids is 6. The SMILES string of the molecule is O=C(NN1C(=O)[C@@H]2[C@H]3C=C[C@@H]([C@@H]2C1=O)[C@H]1[C@H]2C(=O)N(NC(=O)c4ccncc4)C(=O)[C@@H]2[C@H]31)c1ccncc1. The van der Waals surface area contributed by atoms with Gasteiger partial charge in [0.15, 0.2) is 0 Å². The van der Waals surface area contributed by atoms with Crippen molar-refractivity contribution in [2.24, 2.45) is 47.3 Å². The van der Waals surface area contributed by atoms with E-state index in [-0.39, 0.29) is 23.0 Å². The van der Waals surface area contributed by atoms with E-state index >= 15 is 0 Å². The van der Waals surface area contributed by atoms with Crippen molar-refractivity contribution >= 4 is 35.4 Å². The fourth-order valence-corrected chi connectivity index (χ4v) is 7.16. The van der Waals surface area contributed by atoms with Gasteiger partial charge in [-0.25, -0.2) is 0 Å². The molecule has 0 spiro atoms. The highest BCUT2D eigenvalue weighted by Gasteiger charge is 2.75. The lowest BCUT2D eigenvalue weighted by atomic mass is 9.40. The summed E-state index contributed by atoms with van der Waals surface area (Å²) in [6.45, 7) is 0. The minimum absolute atomic E-state index is 0.247. The molecular formula is C26H20N6O6. The van der Waals surface area contributed by atoms with E-state index in [2.05, 4.69) is 20.8 Å². The van der Waals surface area contributed by atoms with Crippen molar-refractivity contribution < 1.29 is 28.8 Å². The summed E-state index contributed by atoms with van der Waals surface area (Å²) in [5.41, 5.74) is 5.34. The number of imide groups is 2. The third-order valence-electron chi connectivity index (χ3n) is 8.66. The monoisotopic (exact) mass is 512 g/mol. The van der Waals surface area contributed by atoms with Gasteiger partial charge in [0, 0.05) is 35.9 Å². The average molecular weight is 512 g/mol. The molecule has 6 amide bonds. The molecule has 2 aliphatic heterocycles. The summed E-state index contributed by atoms with van der Waals surface area (Å²) >= 11 is 0. The van der Waals surface area contributed by atoms with Crippen molar-refractivity contribution in [1.82, 2.24) is 30.8 Å². The van der Waals surface area contributed by atoms with Crippen LogP contribution in [0.2, 0.25) is 0 Å². The van der Waals surface area contributed by atoms with Crippen molar-refractivity contribution in [2.75, 3.05) is 0 Å². The first-order chi connectivity index (χ1) is 18.4. The smallest absolute Gasteiger partial charge is 0.270 e. The summed E-state index contributed by atoms with van der Waals surface area (Å²) in [5.74, 6) is -7.66. The lowest BCUT2D eigenvalue weighted by molar-refractivity contribution is -0.166. The fraction of sp³-hybridized carbons (Fsp3) is 0.308. The molecule has 0 radical (unpaired) electrons. The molecular weight excluding hydrogens is 492 g/mol. The van der Waals surface area contributed by atoms with Gasteiger partial charge in [0.1, 0.15) is 0 Å². The molecule has 12 heteroatoms. The van der Waals surface area contributed by atoms with Gasteiger partial charge in [-0.1, -0.05) is 12.2 Å². The first-order valence-electron chi connectivity index (χ1n) is 12.2. The number of hydrogen-bond acceptors (Lipinski definition) is 8. The van der Waals surface area contributed by atoms with Gasteiger partial charge in [-0.3, -0.25) is 49.6 Å². The highest BCUT2D eigenvalue weighted by molar-refractivity contribution is 6.11. The summed E-state index contributed by atoms with van der Waals surface area (Å²) in [6.07, 6.45) is 9.44. The minimum Gasteiger partial charge on any atom is -0.272 e. The zero-order valence-corrected chi connectivity index (χ0v) is 19.6. The molecule has 2 bridgehead atoms. The largest absolute Gasteiger partial charge is 0.272 e. The van der Waals surface area contributed by atoms with Crippen molar-refractivity contribution in [2.45, 2.75) is 0 Å². The summed E-state index contributed by atoms with van der Waals surface area (Å²) in [7, 11) is 0. The Balaban J connectivity index is 1.13. The maximum atomic E-state index is 13.4. The van der Waals surface area contributed by atoms with E-state index in [4.69, 9.17) is 0 Å². The second-order valence-corrected chi connectivity index (χ2v) is 10.2. The van der Waals surface area contributed by atoms with Gasteiger partial charge < -0.3 is 0 Å². The van der Waals surface area contributed by atoms with Crippen LogP contribution in [0.4, 0.5) is 0 Å². The van der Waals surface area contributed by atoms with E-state index in [1.165, 1.54) is 49.1 Å². The summed E-state index contributed by atoms with van der Waals surface area (Å²) in [6, 6.07) is 5.88. The van der Waals surface area contributed by atoms with Crippen LogP contribution in [-0.4, -0.2) is 55.4 Å². The first kappa shape index (κ1) is 22.5. The van der Waals surface area contributed by atoms with Crippen molar-refractivity contribution in [1.29, 1.82) is 0 Å². The highest BCUT2D eigenvalue weighted by Crippen LogP contribution is 2.67. The second-order valence-electron chi connectivity index (χ2n) is 10.2. The number of hydrogen-bond donors (Lipinski definition) is 2. The van der Waals surface area contributed by atoms with Crippen LogP contribution in [0.25, 0.3) is 0 Å². The minimum atomic E-state index is -0.735. The number of nitrogens with zero attached hydrogens (tertiary/aromatic N) is 4. The van der Waals surface area contributed by atoms with E-state index < -0.39 is 71.0 Å². The Kier molecular flexibility index (Phi) is 4.66. The van der Waals surface area contributed by atoms with Gasteiger partial charge >= 0.3 is 0 Å². The van der Waals surface area contributed by atoms with Crippen molar-refractivity contribution in [3.63, 3.8) is 0 Å². The highest BCUT2D eigenvalue weighted by atomic mass is 16.2. The maximum Gasteiger partial charge on any atom is 0.270 e. The Morgan fingerprint density at radius 2 is 0.921 bits per heavy atom. The van der Waals surface area contributed by atoms with Gasteiger partial charge in [0.05, 0.1) is 23.7 Å². The zero-order valence-electron chi connectivity index (χ0n) is 19.6. The topological polar surface area (TPSA) is 159 Å². The normalized spacial score (nSPS) is 34.0. The molecule has 8 atom stereocenters. The fourth-order valence-electron chi connectivity index (χ4n) is 7.16. The molecule has 0 aromatic carbocycles. The molecule has 12 nitrogen and oxygen atoms in total. The number of pyridine rings is 2. The maximum absolute atomic E-state index is 13.4. The third-order valence-corrected chi connectivity index (χ3v) is 8.66. The number of amides is 6. The molecule has 4 fully saturated rings. The quantitative estimate of drug-likeness (QED) is 0.419. The van der Waals surface area contributed by atoms with E-state index in [0.717, 1.165) is 10.0 Å². The van der Waals surface area contributed by atoms with Crippen LogP contribution in [0, 0.1) is 47.3 Å². The molecule has 6 aliphatic rings. The molecule has 190 valence electrons. The van der Waals surface area contributed by atoms with Crippen LogP contribution < -0.4 is 10.9 Å². The Labute approximate surface area is 215 Å². The lowest BCUT2D eigenvalue weighted by Gasteiger charge is -2.60. The van der Waals surface area contributed by atoms with E-state index in [9.17, 15) is 28.8 Å². The molecule has 2 saturated carbocycles. The first-order valence-corrected chi connectivity index (χ1v) is 12.2. The van der Waals surface area contributed by atoms with Gasteiger partial charge in [0.25, 0.3) is 35.4 Å². The van der Waals surface area contributed by atoms with Crippen molar-refractivity contribution in [3.8, 4) is 0 Å². The van der Waals surface area contributed by atoms with E-state index in [1.807, 2.05) is 12.2 Å². The molecule has 4 aliphatic carbocycles. The molecule has 4 heterocycles. The number of fused-ring (bicyclic) bond motifs is 1. The molecule has 2 N–H and O–H groups in total. The van der Waals surface area contributed by atoms with Gasteiger partial charge in [-0.15, -0.1) is 0 Å². The third kappa shape index (κ3) is 2.85. The van der Waals surface area contributed by atoms with Gasteiger partial charge in [0.2, 0.25) is 0 Å². The van der Waals surface area contributed by atoms with Crippen molar-refractivity contribution in [3.05, 3.63) is 72.3 Å².